The van der Waals surface area contributed by atoms with Gasteiger partial charge in [-0.05, 0) is 114 Å². The lowest BCUT2D eigenvalue weighted by molar-refractivity contribution is 0.616. The Bertz CT molecular complexity index is 3030. The first-order valence-corrected chi connectivity index (χ1v) is 32.9. The lowest BCUT2D eigenvalue weighted by Gasteiger charge is -2.31. The fourth-order valence-corrected chi connectivity index (χ4v) is 19.5. The van der Waals surface area contributed by atoms with Crippen molar-refractivity contribution in [2.45, 2.75) is 182 Å². The van der Waals surface area contributed by atoms with Crippen LogP contribution in [0.4, 0.5) is 0 Å². The highest BCUT2D eigenvalue weighted by molar-refractivity contribution is 7.19. The van der Waals surface area contributed by atoms with E-state index in [1.165, 1.54) is 181 Å². The van der Waals surface area contributed by atoms with Crippen LogP contribution in [0.3, 0.4) is 0 Å². The Morgan fingerprint density at radius 1 is 0.370 bits per heavy atom. The van der Waals surface area contributed by atoms with Gasteiger partial charge in [0, 0.05) is 41.8 Å². The molecule has 2 nitrogen and oxygen atoms in total. The summed E-state index contributed by atoms with van der Waals surface area (Å²) in [6, 6.07) is 50.2. The standard InChI is InChI=1S/C68H82N2S2Si/c1-7-11-15-17-19-23-45-73(46-24-20-18-16-12-8-2)63-47-49(5)27-38-56(63)57-39-37-55(48-64(57)73)60-43-44-62(72-60)59-41-40-58(61-42-28-50(6)71-61)67-68(59)70-66(54-35-31-52(32-36-54)26-22-14-10-4)65(69-67)53-33-29-51(30-34-53)25-21-13-9-3/h27-44,47-48H,7-26,45-46H2,1-6H3. The predicted molar refractivity (Wildman–Crippen MR) is 325 cm³/mol. The summed E-state index contributed by atoms with van der Waals surface area (Å²) in [5, 5.41) is 3.43. The highest BCUT2D eigenvalue weighted by Crippen LogP contribution is 2.44. The first-order chi connectivity index (χ1) is 35.8. The number of hydrogen-bond donors (Lipinski definition) is 0. The number of thiophene rings is 2. The largest absolute Gasteiger partial charge is 0.243 e. The molecule has 0 bridgehead atoms. The van der Waals surface area contributed by atoms with Gasteiger partial charge in [0.1, 0.15) is 8.07 Å². The zero-order valence-electron chi connectivity index (χ0n) is 45.3. The number of aromatic nitrogens is 2. The number of benzene rings is 5. The third-order valence-corrected chi connectivity index (χ3v) is 23.5. The highest BCUT2D eigenvalue weighted by atomic mass is 32.1. The van der Waals surface area contributed by atoms with Crippen LogP contribution in [0.15, 0.2) is 121 Å². The Kier molecular flexibility index (Phi) is 18.5. The van der Waals surface area contributed by atoms with Gasteiger partial charge in [-0.2, -0.15) is 0 Å². The van der Waals surface area contributed by atoms with Crippen LogP contribution >= 0.6 is 22.7 Å². The normalized spacial score (nSPS) is 12.7. The van der Waals surface area contributed by atoms with Gasteiger partial charge in [0.15, 0.2) is 0 Å². The summed E-state index contributed by atoms with van der Waals surface area (Å²) in [4.78, 5) is 16.7. The molecule has 0 fully saturated rings. The SMILES string of the molecule is CCCCCCCC[Si]1(CCCCCCCC)c2cc(C)ccc2-c2ccc(-c3ccc(-c4ccc(-c5ccc(C)s5)c5nc(-c6ccc(CCCCC)cc6)c(-c6ccc(CCCCC)cc6)nc45)s3)cc21. The molecule has 8 aromatic rings. The van der Waals surface area contributed by atoms with Gasteiger partial charge in [0.05, 0.1) is 22.4 Å². The average molecular weight is 1020 g/mol. The van der Waals surface area contributed by atoms with Gasteiger partial charge in [0.25, 0.3) is 0 Å². The molecule has 1 aliphatic heterocycles. The molecule has 0 atom stereocenters. The molecule has 9 rings (SSSR count). The molecular formula is C68H82N2S2Si. The molecule has 0 aliphatic carbocycles. The Morgan fingerprint density at radius 2 is 0.795 bits per heavy atom. The predicted octanol–water partition coefficient (Wildman–Crippen LogP) is 20.4. The maximum absolute atomic E-state index is 5.82. The van der Waals surface area contributed by atoms with Crippen LogP contribution in [0.2, 0.25) is 12.1 Å². The molecule has 5 heteroatoms. The molecule has 0 unspecified atom stereocenters. The Labute approximate surface area is 449 Å². The molecule has 0 saturated carbocycles. The van der Waals surface area contributed by atoms with E-state index < -0.39 is 8.07 Å². The van der Waals surface area contributed by atoms with Gasteiger partial charge in [-0.1, -0.05) is 233 Å². The van der Waals surface area contributed by atoms with Crippen LogP contribution in [0.25, 0.3) is 76.0 Å². The van der Waals surface area contributed by atoms with Gasteiger partial charge in [-0.3, -0.25) is 0 Å². The van der Waals surface area contributed by atoms with Crippen LogP contribution in [-0.4, -0.2) is 18.0 Å². The molecule has 0 saturated heterocycles. The van der Waals surface area contributed by atoms with Crippen molar-refractivity contribution in [2.75, 3.05) is 0 Å². The monoisotopic (exact) mass is 1020 g/mol. The van der Waals surface area contributed by atoms with Crippen LogP contribution in [0.1, 0.15) is 165 Å². The maximum Gasteiger partial charge on any atom is 0.119 e. The van der Waals surface area contributed by atoms with Crippen molar-refractivity contribution < 1.29 is 0 Å². The molecular weight excluding hydrogens is 937 g/mol. The second kappa shape index (κ2) is 25.5. The summed E-state index contributed by atoms with van der Waals surface area (Å²) in [6.07, 6.45) is 25.9. The highest BCUT2D eigenvalue weighted by Gasteiger charge is 2.44. The summed E-state index contributed by atoms with van der Waals surface area (Å²) >= 11 is 3.77. The van der Waals surface area contributed by atoms with Crippen molar-refractivity contribution in [2.24, 2.45) is 0 Å². The van der Waals surface area contributed by atoms with E-state index in [-0.39, 0.29) is 0 Å². The number of unbranched alkanes of at least 4 members (excludes halogenated alkanes) is 14. The number of rotatable bonds is 27. The third-order valence-electron chi connectivity index (χ3n) is 16.0. The van der Waals surface area contributed by atoms with E-state index in [0.29, 0.717) is 0 Å². The zero-order valence-corrected chi connectivity index (χ0v) is 47.9. The number of aryl methyl sites for hydroxylation is 4. The van der Waals surface area contributed by atoms with Crippen molar-refractivity contribution in [3.63, 3.8) is 0 Å². The molecule has 73 heavy (non-hydrogen) atoms. The number of fused-ring (bicyclic) bond motifs is 4. The van der Waals surface area contributed by atoms with Crippen molar-refractivity contribution in [3.8, 4) is 65.0 Å². The summed E-state index contributed by atoms with van der Waals surface area (Å²) in [5.41, 5.74) is 17.0. The molecule has 380 valence electrons. The van der Waals surface area contributed by atoms with Gasteiger partial charge in [-0.15, -0.1) is 22.7 Å². The molecule has 1 aliphatic rings. The lowest BCUT2D eigenvalue weighted by atomic mass is 9.98. The average Bonchev–Trinajstić information content (AvgIpc) is 4.16. The Hall–Kier alpha value is -4.94. The topological polar surface area (TPSA) is 25.8 Å². The van der Waals surface area contributed by atoms with Crippen LogP contribution < -0.4 is 10.4 Å². The van der Waals surface area contributed by atoms with Crippen LogP contribution in [-0.2, 0) is 12.8 Å². The fourth-order valence-electron chi connectivity index (χ4n) is 11.8. The van der Waals surface area contributed by atoms with Gasteiger partial charge >= 0.3 is 0 Å². The summed E-state index contributed by atoms with van der Waals surface area (Å²) in [7, 11) is -2.04. The van der Waals surface area contributed by atoms with Crippen molar-refractivity contribution in [1.82, 2.24) is 9.97 Å². The number of nitrogens with zero attached hydrogens (tertiary/aromatic N) is 2. The number of hydrogen-bond acceptors (Lipinski definition) is 4. The summed E-state index contributed by atoms with van der Waals surface area (Å²) < 4.78 is 0. The summed E-state index contributed by atoms with van der Waals surface area (Å²) in [6.45, 7) is 13.8. The van der Waals surface area contributed by atoms with E-state index in [0.717, 1.165) is 57.5 Å². The minimum atomic E-state index is -2.04. The van der Waals surface area contributed by atoms with Crippen molar-refractivity contribution >= 4 is 52.2 Å². The van der Waals surface area contributed by atoms with E-state index in [9.17, 15) is 0 Å². The second-order valence-corrected chi connectivity index (χ2v) is 28.2. The van der Waals surface area contributed by atoms with Crippen LogP contribution in [0.5, 0.6) is 0 Å². The molecule has 0 radical (unpaired) electrons. The first-order valence-electron chi connectivity index (χ1n) is 28.8. The van der Waals surface area contributed by atoms with E-state index in [4.69, 9.17) is 9.97 Å². The maximum atomic E-state index is 5.82. The minimum Gasteiger partial charge on any atom is -0.243 e. The van der Waals surface area contributed by atoms with E-state index >= 15 is 0 Å². The molecule has 5 aromatic carbocycles. The molecule has 0 spiro atoms. The van der Waals surface area contributed by atoms with Gasteiger partial charge in [-0.25, -0.2) is 9.97 Å². The van der Waals surface area contributed by atoms with E-state index in [1.807, 2.05) is 22.7 Å². The van der Waals surface area contributed by atoms with E-state index in [1.54, 1.807) is 10.4 Å². The van der Waals surface area contributed by atoms with Gasteiger partial charge in [0.2, 0.25) is 0 Å². The lowest BCUT2D eigenvalue weighted by Crippen LogP contribution is -2.55. The van der Waals surface area contributed by atoms with Crippen molar-refractivity contribution in [3.05, 3.63) is 143 Å². The van der Waals surface area contributed by atoms with Gasteiger partial charge < -0.3 is 0 Å². The second-order valence-electron chi connectivity index (χ2n) is 21.6. The zero-order chi connectivity index (χ0) is 50.6. The smallest absolute Gasteiger partial charge is 0.119 e. The molecule has 4 heterocycles. The Balaban J connectivity index is 1.14. The third kappa shape index (κ3) is 12.3. The van der Waals surface area contributed by atoms with Crippen LogP contribution in [0, 0.1) is 13.8 Å². The quantitative estimate of drug-likeness (QED) is 0.0379. The first kappa shape index (κ1) is 52.9. The fraction of sp³-hybridized carbons (Fsp3) is 0.412. The van der Waals surface area contributed by atoms with E-state index in [2.05, 4.69) is 163 Å². The molecule has 0 N–H and O–H groups in total. The Morgan fingerprint density at radius 3 is 1.32 bits per heavy atom. The van der Waals surface area contributed by atoms with Crippen molar-refractivity contribution in [1.29, 1.82) is 0 Å². The summed E-state index contributed by atoms with van der Waals surface area (Å²) in [5.74, 6) is 0. The molecule has 3 aromatic heterocycles. The minimum absolute atomic E-state index is 0.953. The molecule has 0 amide bonds.